The molecule has 1 aromatic heterocycles. The van der Waals surface area contributed by atoms with Gasteiger partial charge in [-0.05, 0) is 44.5 Å². The predicted octanol–water partition coefficient (Wildman–Crippen LogP) is 3.49. The van der Waals surface area contributed by atoms with Gasteiger partial charge in [-0.25, -0.2) is 0 Å². The topological polar surface area (TPSA) is 42.1 Å². The molecule has 3 heteroatoms. The second-order valence-electron chi connectivity index (χ2n) is 5.08. The van der Waals surface area contributed by atoms with Crippen molar-refractivity contribution in [2.24, 2.45) is 5.73 Å². The van der Waals surface area contributed by atoms with Gasteiger partial charge in [-0.1, -0.05) is 17.7 Å². The van der Waals surface area contributed by atoms with Gasteiger partial charge in [0.05, 0.1) is 17.6 Å². The van der Waals surface area contributed by atoms with E-state index in [-0.39, 0.29) is 6.04 Å². The van der Waals surface area contributed by atoms with Crippen molar-refractivity contribution in [1.29, 1.82) is 0 Å². The highest BCUT2D eigenvalue weighted by molar-refractivity contribution is 5.65. The summed E-state index contributed by atoms with van der Waals surface area (Å²) in [5, 5.41) is 0. The van der Waals surface area contributed by atoms with Crippen LogP contribution in [0.3, 0.4) is 0 Å². The zero-order chi connectivity index (χ0) is 14.0. The molecule has 0 aliphatic carbocycles. The number of aromatic nitrogens is 1. The molecule has 2 aromatic rings. The van der Waals surface area contributed by atoms with Crippen molar-refractivity contribution in [1.82, 2.24) is 4.98 Å². The predicted molar refractivity (Wildman–Crippen MR) is 80.8 cm³/mol. The maximum absolute atomic E-state index is 5.82. The van der Waals surface area contributed by atoms with Gasteiger partial charge in [0, 0.05) is 18.8 Å². The standard InChI is InChI=1S/C16H21N3/c1-11-5-8-16(12(2)9-11)19(4)14-6-7-15(13(3)17)18-10-14/h5-10,13H,17H2,1-4H3/t13-/m0/s1. The summed E-state index contributed by atoms with van der Waals surface area (Å²) in [7, 11) is 2.06. The van der Waals surface area contributed by atoms with Crippen LogP contribution in [0.25, 0.3) is 0 Å². The summed E-state index contributed by atoms with van der Waals surface area (Å²) in [5.74, 6) is 0. The van der Waals surface area contributed by atoms with Gasteiger partial charge in [0.25, 0.3) is 0 Å². The van der Waals surface area contributed by atoms with Gasteiger partial charge < -0.3 is 10.6 Å². The number of nitrogens with zero attached hydrogens (tertiary/aromatic N) is 2. The molecule has 2 N–H and O–H groups in total. The maximum atomic E-state index is 5.82. The van der Waals surface area contributed by atoms with Crippen LogP contribution in [0, 0.1) is 13.8 Å². The van der Waals surface area contributed by atoms with Crippen LogP contribution in [0.1, 0.15) is 29.8 Å². The van der Waals surface area contributed by atoms with Crippen molar-refractivity contribution in [3.8, 4) is 0 Å². The number of pyridine rings is 1. The van der Waals surface area contributed by atoms with Crippen molar-refractivity contribution in [3.63, 3.8) is 0 Å². The summed E-state index contributed by atoms with van der Waals surface area (Å²) in [4.78, 5) is 6.55. The third-order valence-electron chi connectivity index (χ3n) is 3.34. The first kappa shape index (κ1) is 13.6. The summed E-state index contributed by atoms with van der Waals surface area (Å²) in [5.41, 5.74) is 11.5. The summed E-state index contributed by atoms with van der Waals surface area (Å²) in [6.45, 7) is 6.17. The smallest absolute Gasteiger partial charge is 0.0594 e. The summed E-state index contributed by atoms with van der Waals surface area (Å²) >= 11 is 0. The van der Waals surface area contributed by atoms with Crippen LogP contribution >= 0.6 is 0 Å². The zero-order valence-electron chi connectivity index (χ0n) is 12.0. The molecule has 1 heterocycles. The van der Waals surface area contributed by atoms with Crippen molar-refractivity contribution in [3.05, 3.63) is 53.3 Å². The SMILES string of the molecule is Cc1ccc(N(C)c2ccc([C@H](C)N)nc2)c(C)c1. The Kier molecular flexibility index (Phi) is 3.86. The van der Waals surface area contributed by atoms with E-state index < -0.39 is 0 Å². The lowest BCUT2D eigenvalue weighted by atomic mass is 10.1. The fourth-order valence-electron chi connectivity index (χ4n) is 2.19. The van der Waals surface area contributed by atoms with Crippen LogP contribution < -0.4 is 10.6 Å². The van der Waals surface area contributed by atoms with Gasteiger partial charge in [-0.15, -0.1) is 0 Å². The Morgan fingerprint density at radius 3 is 2.42 bits per heavy atom. The minimum Gasteiger partial charge on any atom is -0.343 e. The van der Waals surface area contributed by atoms with Gasteiger partial charge in [0.15, 0.2) is 0 Å². The third-order valence-corrected chi connectivity index (χ3v) is 3.34. The normalized spacial score (nSPS) is 12.3. The van der Waals surface area contributed by atoms with E-state index in [0.717, 1.165) is 11.4 Å². The Morgan fingerprint density at radius 2 is 1.89 bits per heavy atom. The first-order valence-electron chi connectivity index (χ1n) is 6.51. The molecule has 0 fully saturated rings. The first-order valence-corrected chi connectivity index (χ1v) is 6.51. The molecular weight excluding hydrogens is 234 g/mol. The van der Waals surface area contributed by atoms with E-state index >= 15 is 0 Å². The number of rotatable bonds is 3. The maximum Gasteiger partial charge on any atom is 0.0594 e. The summed E-state index contributed by atoms with van der Waals surface area (Å²) in [6.07, 6.45) is 1.87. The highest BCUT2D eigenvalue weighted by Crippen LogP contribution is 2.27. The van der Waals surface area contributed by atoms with E-state index in [0.29, 0.717) is 0 Å². The molecule has 0 spiro atoms. The monoisotopic (exact) mass is 255 g/mol. The lowest BCUT2D eigenvalue weighted by Crippen LogP contribution is -2.13. The fourth-order valence-corrected chi connectivity index (χ4v) is 2.19. The number of benzene rings is 1. The molecule has 1 atom stereocenters. The Balaban J connectivity index is 2.30. The second kappa shape index (κ2) is 5.41. The fraction of sp³-hybridized carbons (Fsp3) is 0.312. The van der Waals surface area contributed by atoms with E-state index in [1.54, 1.807) is 0 Å². The molecule has 2 rings (SSSR count). The van der Waals surface area contributed by atoms with Crippen molar-refractivity contribution >= 4 is 11.4 Å². The number of aryl methyl sites for hydroxylation is 2. The Hall–Kier alpha value is -1.87. The average Bonchev–Trinajstić information content (AvgIpc) is 2.38. The quantitative estimate of drug-likeness (QED) is 0.913. The van der Waals surface area contributed by atoms with Crippen LogP contribution in [0.4, 0.5) is 11.4 Å². The minimum absolute atomic E-state index is 0.0273. The van der Waals surface area contributed by atoms with Gasteiger partial charge in [0.1, 0.15) is 0 Å². The van der Waals surface area contributed by atoms with E-state index in [4.69, 9.17) is 5.73 Å². The minimum atomic E-state index is -0.0273. The second-order valence-corrected chi connectivity index (χ2v) is 5.08. The zero-order valence-corrected chi connectivity index (χ0v) is 12.0. The Bertz CT molecular complexity index is 559. The molecule has 3 nitrogen and oxygen atoms in total. The van der Waals surface area contributed by atoms with E-state index in [2.05, 4.69) is 55.0 Å². The van der Waals surface area contributed by atoms with Gasteiger partial charge in [-0.3, -0.25) is 4.98 Å². The van der Waals surface area contributed by atoms with Crippen molar-refractivity contribution in [2.45, 2.75) is 26.8 Å². The van der Waals surface area contributed by atoms with Gasteiger partial charge in [-0.2, -0.15) is 0 Å². The number of nitrogens with two attached hydrogens (primary N) is 1. The largest absolute Gasteiger partial charge is 0.343 e. The van der Waals surface area contributed by atoms with E-state index in [1.165, 1.54) is 16.8 Å². The van der Waals surface area contributed by atoms with Crippen molar-refractivity contribution < 1.29 is 0 Å². The molecule has 0 radical (unpaired) electrons. The molecule has 0 aliphatic rings. The highest BCUT2D eigenvalue weighted by atomic mass is 15.1. The summed E-state index contributed by atoms with van der Waals surface area (Å²) < 4.78 is 0. The van der Waals surface area contributed by atoms with Crippen LogP contribution in [-0.4, -0.2) is 12.0 Å². The highest BCUT2D eigenvalue weighted by Gasteiger charge is 2.08. The van der Waals surface area contributed by atoms with Gasteiger partial charge in [0.2, 0.25) is 0 Å². The van der Waals surface area contributed by atoms with Crippen LogP contribution in [-0.2, 0) is 0 Å². The molecule has 0 bridgehead atoms. The third kappa shape index (κ3) is 2.93. The number of hydrogen-bond acceptors (Lipinski definition) is 3. The molecule has 19 heavy (non-hydrogen) atoms. The average molecular weight is 255 g/mol. The molecule has 0 amide bonds. The Labute approximate surface area is 115 Å². The molecule has 1 aromatic carbocycles. The molecule has 100 valence electrons. The van der Waals surface area contributed by atoms with Crippen molar-refractivity contribution in [2.75, 3.05) is 11.9 Å². The van der Waals surface area contributed by atoms with Crippen LogP contribution in [0.5, 0.6) is 0 Å². The van der Waals surface area contributed by atoms with Gasteiger partial charge >= 0.3 is 0 Å². The Morgan fingerprint density at radius 1 is 1.16 bits per heavy atom. The summed E-state index contributed by atoms with van der Waals surface area (Å²) in [6, 6.07) is 10.5. The first-order chi connectivity index (χ1) is 8.99. The van der Waals surface area contributed by atoms with E-state index in [1.807, 2.05) is 19.2 Å². The van der Waals surface area contributed by atoms with Crippen LogP contribution in [0.15, 0.2) is 36.5 Å². The molecular formula is C16H21N3. The molecule has 0 saturated heterocycles. The van der Waals surface area contributed by atoms with E-state index in [9.17, 15) is 0 Å². The lowest BCUT2D eigenvalue weighted by molar-refractivity contribution is 0.781. The number of anilines is 2. The van der Waals surface area contributed by atoms with Crippen LogP contribution in [0.2, 0.25) is 0 Å². The molecule has 0 aliphatic heterocycles. The molecule has 0 saturated carbocycles. The lowest BCUT2D eigenvalue weighted by Gasteiger charge is -2.22. The number of hydrogen-bond donors (Lipinski definition) is 1. The molecule has 0 unspecified atom stereocenters.